The maximum atomic E-state index is 11.0. The number of nitrogens with one attached hydrogen (secondary N) is 1. The number of hydrogen-bond donors (Lipinski definition) is 1. The van der Waals surface area contributed by atoms with Crippen molar-refractivity contribution >= 4 is 5.91 Å². The van der Waals surface area contributed by atoms with Gasteiger partial charge in [0.1, 0.15) is 0 Å². The van der Waals surface area contributed by atoms with Crippen molar-refractivity contribution in [2.75, 3.05) is 7.05 Å². The molecule has 3 heteroatoms. The lowest BCUT2D eigenvalue weighted by atomic mass is 9.82. The molecule has 1 N–H and O–H groups in total. The average molecular weight is 196 g/mol. The fraction of sp³-hybridized carbons (Fsp3) is 0.909. The van der Waals surface area contributed by atoms with Crippen LogP contribution in [0.2, 0.25) is 0 Å². The Bertz CT molecular complexity index is 215. The van der Waals surface area contributed by atoms with Gasteiger partial charge in [0.15, 0.2) is 0 Å². The summed E-state index contributed by atoms with van der Waals surface area (Å²) in [6.45, 7) is 1.62. The van der Waals surface area contributed by atoms with Gasteiger partial charge in [-0.3, -0.25) is 4.79 Å². The molecule has 2 heterocycles. The van der Waals surface area contributed by atoms with Gasteiger partial charge >= 0.3 is 0 Å². The second kappa shape index (κ2) is 3.89. The van der Waals surface area contributed by atoms with Gasteiger partial charge in [-0.05, 0) is 32.7 Å². The fourth-order valence-electron chi connectivity index (χ4n) is 3.02. The van der Waals surface area contributed by atoms with Crippen molar-refractivity contribution in [2.24, 2.45) is 0 Å². The highest BCUT2D eigenvalue weighted by molar-refractivity contribution is 5.73. The van der Waals surface area contributed by atoms with E-state index >= 15 is 0 Å². The van der Waals surface area contributed by atoms with Crippen LogP contribution in [-0.4, -0.2) is 36.0 Å². The Labute approximate surface area is 85.8 Å². The summed E-state index contributed by atoms with van der Waals surface area (Å²) in [4.78, 5) is 13.5. The largest absolute Gasteiger partial charge is 0.353 e. The van der Waals surface area contributed by atoms with Crippen LogP contribution in [-0.2, 0) is 4.79 Å². The maximum Gasteiger partial charge on any atom is 0.217 e. The van der Waals surface area contributed by atoms with Gasteiger partial charge in [0.05, 0.1) is 0 Å². The molecule has 0 aliphatic carbocycles. The average Bonchev–Trinajstić information content (AvgIpc) is 2.05. The monoisotopic (exact) mass is 196 g/mol. The number of amides is 1. The van der Waals surface area contributed by atoms with Crippen molar-refractivity contribution in [1.82, 2.24) is 10.2 Å². The Hall–Kier alpha value is -0.570. The highest BCUT2D eigenvalue weighted by atomic mass is 16.1. The molecule has 2 rings (SSSR count). The highest BCUT2D eigenvalue weighted by Gasteiger charge is 2.35. The van der Waals surface area contributed by atoms with Gasteiger partial charge in [-0.1, -0.05) is 6.42 Å². The molecule has 0 aromatic carbocycles. The minimum absolute atomic E-state index is 0.123. The first-order chi connectivity index (χ1) is 6.66. The van der Waals surface area contributed by atoms with Crippen molar-refractivity contribution in [1.29, 1.82) is 0 Å². The molecule has 2 aliphatic rings. The third-order valence-corrected chi connectivity index (χ3v) is 3.75. The van der Waals surface area contributed by atoms with Crippen molar-refractivity contribution in [2.45, 2.75) is 57.2 Å². The van der Waals surface area contributed by atoms with E-state index in [1.54, 1.807) is 6.92 Å². The van der Waals surface area contributed by atoms with Gasteiger partial charge in [0, 0.05) is 25.0 Å². The summed E-state index contributed by atoms with van der Waals surface area (Å²) < 4.78 is 0. The van der Waals surface area contributed by atoms with Crippen molar-refractivity contribution in [3.05, 3.63) is 0 Å². The van der Waals surface area contributed by atoms with E-state index in [9.17, 15) is 4.79 Å². The number of nitrogens with zero attached hydrogens (tertiary/aromatic N) is 1. The van der Waals surface area contributed by atoms with Crippen molar-refractivity contribution in [3.63, 3.8) is 0 Å². The lowest BCUT2D eigenvalue weighted by Crippen LogP contribution is -2.55. The Balaban J connectivity index is 1.97. The molecule has 2 fully saturated rings. The van der Waals surface area contributed by atoms with Crippen molar-refractivity contribution in [3.8, 4) is 0 Å². The number of hydrogen-bond acceptors (Lipinski definition) is 2. The summed E-state index contributed by atoms with van der Waals surface area (Å²) in [7, 11) is 2.23. The van der Waals surface area contributed by atoms with Crippen LogP contribution in [0.1, 0.15) is 39.0 Å². The van der Waals surface area contributed by atoms with Gasteiger partial charge in [-0.15, -0.1) is 0 Å². The smallest absolute Gasteiger partial charge is 0.217 e. The molecule has 2 bridgehead atoms. The summed E-state index contributed by atoms with van der Waals surface area (Å²) in [5.74, 6) is 0.123. The molecule has 0 spiro atoms. The number of piperidine rings is 2. The molecule has 0 aromatic heterocycles. The Morgan fingerprint density at radius 1 is 1.29 bits per heavy atom. The predicted octanol–water partition coefficient (Wildman–Crippen LogP) is 1.14. The summed E-state index contributed by atoms with van der Waals surface area (Å²) in [6.07, 6.45) is 6.28. The number of rotatable bonds is 1. The second-order valence-electron chi connectivity index (χ2n) is 4.77. The molecule has 0 saturated carbocycles. The molecular formula is C11H20N2O. The van der Waals surface area contributed by atoms with E-state index < -0.39 is 0 Å². The first-order valence-electron chi connectivity index (χ1n) is 5.66. The molecule has 0 radical (unpaired) electrons. The zero-order valence-corrected chi connectivity index (χ0v) is 9.12. The van der Waals surface area contributed by atoms with Crippen LogP contribution < -0.4 is 5.32 Å². The van der Waals surface area contributed by atoms with E-state index in [0.29, 0.717) is 18.1 Å². The molecule has 14 heavy (non-hydrogen) atoms. The highest BCUT2D eigenvalue weighted by Crippen LogP contribution is 2.32. The Kier molecular flexibility index (Phi) is 2.77. The van der Waals surface area contributed by atoms with E-state index in [0.717, 1.165) is 12.8 Å². The van der Waals surface area contributed by atoms with E-state index in [1.807, 2.05) is 0 Å². The standard InChI is InChI=1S/C11H20N2O/c1-8(14)12-9-6-10-4-3-5-11(7-9)13(10)2/h9-11H,3-7H2,1-2H3,(H,12,14). The third-order valence-electron chi connectivity index (χ3n) is 3.75. The molecule has 2 atom stereocenters. The third kappa shape index (κ3) is 1.92. The summed E-state index contributed by atoms with van der Waals surface area (Å²) in [5, 5.41) is 3.07. The number of carbonyl (C=O) groups is 1. The van der Waals surface area contributed by atoms with E-state index in [4.69, 9.17) is 0 Å². The SMILES string of the molecule is CC(=O)NC1CC2CCCC(C1)N2C. The van der Waals surface area contributed by atoms with Crippen LogP contribution >= 0.6 is 0 Å². The zero-order chi connectivity index (χ0) is 10.1. The van der Waals surface area contributed by atoms with Crippen molar-refractivity contribution < 1.29 is 4.79 Å². The Morgan fingerprint density at radius 3 is 2.36 bits per heavy atom. The molecule has 1 amide bonds. The van der Waals surface area contributed by atoms with E-state index in [-0.39, 0.29) is 5.91 Å². The second-order valence-corrected chi connectivity index (χ2v) is 4.77. The van der Waals surface area contributed by atoms with Crippen LogP contribution in [0.25, 0.3) is 0 Å². The molecule has 2 aliphatic heterocycles. The molecule has 80 valence electrons. The lowest BCUT2D eigenvalue weighted by Gasteiger charge is -2.47. The molecule has 0 aromatic rings. The first kappa shape index (κ1) is 9.97. The van der Waals surface area contributed by atoms with Crippen LogP contribution in [0.3, 0.4) is 0 Å². The topological polar surface area (TPSA) is 32.3 Å². The van der Waals surface area contributed by atoms with E-state index in [2.05, 4.69) is 17.3 Å². The van der Waals surface area contributed by atoms with E-state index in [1.165, 1.54) is 19.3 Å². The summed E-state index contributed by atoms with van der Waals surface area (Å²) >= 11 is 0. The first-order valence-corrected chi connectivity index (χ1v) is 5.66. The lowest BCUT2D eigenvalue weighted by molar-refractivity contribution is -0.120. The van der Waals surface area contributed by atoms with Gasteiger partial charge < -0.3 is 10.2 Å². The zero-order valence-electron chi connectivity index (χ0n) is 9.12. The number of carbonyl (C=O) groups excluding carboxylic acids is 1. The minimum atomic E-state index is 0.123. The van der Waals surface area contributed by atoms with Gasteiger partial charge in [0.2, 0.25) is 5.91 Å². The summed E-state index contributed by atoms with van der Waals surface area (Å²) in [5.41, 5.74) is 0. The van der Waals surface area contributed by atoms with Gasteiger partial charge in [-0.25, -0.2) is 0 Å². The van der Waals surface area contributed by atoms with Crippen LogP contribution in [0.15, 0.2) is 0 Å². The van der Waals surface area contributed by atoms with Gasteiger partial charge in [-0.2, -0.15) is 0 Å². The number of fused-ring (bicyclic) bond motifs is 2. The van der Waals surface area contributed by atoms with Crippen LogP contribution in [0.5, 0.6) is 0 Å². The molecular weight excluding hydrogens is 176 g/mol. The quantitative estimate of drug-likeness (QED) is 0.682. The predicted molar refractivity (Wildman–Crippen MR) is 56.0 cm³/mol. The van der Waals surface area contributed by atoms with Crippen LogP contribution in [0.4, 0.5) is 0 Å². The van der Waals surface area contributed by atoms with Gasteiger partial charge in [0.25, 0.3) is 0 Å². The minimum Gasteiger partial charge on any atom is -0.353 e. The Morgan fingerprint density at radius 2 is 1.86 bits per heavy atom. The molecule has 2 saturated heterocycles. The molecule has 3 nitrogen and oxygen atoms in total. The fourth-order valence-corrected chi connectivity index (χ4v) is 3.02. The molecule has 2 unspecified atom stereocenters. The maximum absolute atomic E-state index is 11.0. The summed E-state index contributed by atoms with van der Waals surface area (Å²) in [6, 6.07) is 1.85. The normalized spacial score (nSPS) is 38.0. The van der Waals surface area contributed by atoms with Crippen LogP contribution in [0, 0.1) is 0 Å².